The van der Waals surface area contributed by atoms with E-state index in [2.05, 4.69) is 4.98 Å². The first-order chi connectivity index (χ1) is 11.1. The zero-order valence-corrected chi connectivity index (χ0v) is 12.7. The van der Waals surface area contributed by atoms with Crippen molar-refractivity contribution in [2.75, 3.05) is 13.2 Å². The molecule has 23 heavy (non-hydrogen) atoms. The van der Waals surface area contributed by atoms with Gasteiger partial charge >= 0.3 is 5.97 Å². The zero-order valence-electron chi connectivity index (χ0n) is 12.7. The van der Waals surface area contributed by atoms with E-state index in [0.29, 0.717) is 31.6 Å². The van der Waals surface area contributed by atoms with Crippen molar-refractivity contribution in [2.24, 2.45) is 5.41 Å². The Hall–Kier alpha value is -2.27. The number of pyridine rings is 1. The van der Waals surface area contributed by atoms with E-state index in [1.165, 1.54) is 6.07 Å². The molecular weight excluding hydrogens is 297 g/mol. The molecular formula is C18H18FNO3. The van der Waals surface area contributed by atoms with Crippen molar-refractivity contribution >= 4 is 5.97 Å². The highest BCUT2D eigenvalue weighted by molar-refractivity contribution is 5.75. The SMILES string of the molecule is O=C(O)C1(Cc2ccc(-c3cccnc3)cc2F)CCOCC1. The second-order valence-electron chi connectivity index (χ2n) is 5.92. The number of hydrogen-bond donors (Lipinski definition) is 1. The average Bonchev–Trinajstić information content (AvgIpc) is 2.58. The van der Waals surface area contributed by atoms with Crippen LogP contribution in [0.2, 0.25) is 0 Å². The van der Waals surface area contributed by atoms with E-state index >= 15 is 0 Å². The smallest absolute Gasteiger partial charge is 0.310 e. The van der Waals surface area contributed by atoms with Crippen LogP contribution in [0.25, 0.3) is 11.1 Å². The molecule has 2 aromatic rings. The van der Waals surface area contributed by atoms with Gasteiger partial charge in [-0.2, -0.15) is 0 Å². The summed E-state index contributed by atoms with van der Waals surface area (Å²) in [6.45, 7) is 0.809. The lowest BCUT2D eigenvalue weighted by Gasteiger charge is -2.33. The minimum Gasteiger partial charge on any atom is -0.481 e. The Morgan fingerprint density at radius 1 is 1.26 bits per heavy atom. The number of benzene rings is 1. The second kappa shape index (κ2) is 6.46. The lowest BCUT2D eigenvalue weighted by Crippen LogP contribution is -2.39. The Kier molecular flexibility index (Phi) is 4.39. The van der Waals surface area contributed by atoms with Crippen LogP contribution in [-0.4, -0.2) is 29.3 Å². The molecule has 4 nitrogen and oxygen atoms in total. The summed E-state index contributed by atoms with van der Waals surface area (Å²) in [4.78, 5) is 15.7. The molecule has 1 aromatic heterocycles. The third-order valence-electron chi connectivity index (χ3n) is 4.48. The van der Waals surface area contributed by atoms with Crippen LogP contribution >= 0.6 is 0 Å². The van der Waals surface area contributed by atoms with Crippen molar-refractivity contribution in [1.82, 2.24) is 4.98 Å². The van der Waals surface area contributed by atoms with Gasteiger partial charge in [-0.05, 0) is 42.5 Å². The first-order valence-corrected chi connectivity index (χ1v) is 7.61. The molecule has 1 N–H and O–H groups in total. The highest BCUT2D eigenvalue weighted by Crippen LogP contribution is 2.36. The molecule has 1 aliphatic heterocycles. The van der Waals surface area contributed by atoms with Gasteiger partial charge in [0.25, 0.3) is 0 Å². The standard InChI is InChI=1S/C18H18FNO3/c19-16-10-13(15-2-1-7-20-12-15)3-4-14(16)11-18(17(21)22)5-8-23-9-6-18/h1-4,7,10,12H,5-6,8-9,11H2,(H,21,22). The van der Waals surface area contributed by atoms with E-state index in [4.69, 9.17) is 4.74 Å². The van der Waals surface area contributed by atoms with E-state index in [1.807, 2.05) is 12.1 Å². The van der Waals surface area contributed by atoms with Gasteiger partial charge in [0, 0.05) is 31.2 Å². The fourth-order valence-electron chi connectivity index (χ4n) is 3.00. The van der Waals surface area contributed by atoms with Crippen molar-refractivity contribution in [1.29, 1.82) is 0 Å². The summed E-state index contributed by atoms with van der Waals surface area (Å²) in [7, 11) is 0. The number of nitrogens with zero attached hydrogens (tertiary/aromatic N) is 1. The molecule has 0 unspecified atom stereocenters. The number of hydrogen-bond acceptors (Lipinski definition) is 3. The highest BCUT2D eigenvalue weighted by Gasteiger charge is 2.40. The molecule has 0 atom stereocenters. The fourth-order valence-corrected chi connectivity index (χ4v) is 3.00. The molecule has 0 aliphatic carbocycles. The highest BCUT2D eigenvalue weighted by atomic mass is 19.1. The third kappa shape index (κ3) is 3.24. The maximum atomic E-state index is 14.5. The Balaban J connectivity index is 1.87. The van der Waals surface area contributed by atoms with Crippen LogP contribution < -0.4 is 0 Å². The van der Waals surface area contributed by atoms with Gasteiger partial charge in [0.1, 0.15) is 5.82 Å². The Morgan fingerprint density at radius 3 is 2.65 bits per heavy atom. The molecule has 3 rings (SSSR count). The molecule has 120 valence electrons. The van der Waals surface area contributed by atoms with Crippen LogP contribution in [0.1, 0.15) is 18.4 Å². The molecule has 1 fully saturated rings. The number of carbonyl (C=O) groups is 1. The molecule has 1 aromatic carbocycles. The number of carboxylic acids is 1. The summed E-state index contributed by atoms with van der Waals surface area (Å²) in [5, 5.41) is 9.59. The Bertz CT molecular complexity index is 697. The van der Waals surface area contributed by atoms with Crippen LogP contribution in [0.4, 0.5) is 4.39 Å². The minimum atomic E-state index is -0.936. The largest absolute Gasteiger partial charge is 0.481 e. The molecule has 5 heteroatoms. The first kappa shape index (κ1) is 15.6. The van der Waals surface area contributed by atoms with Gasteiger partial charge in [-0.3, -0.25) is 9.78 Å². The van der Waals surface area contributed by atoms with Crippen LogP contribution in [0.3, 0.4) is 0 Å². The van der Waals surface area contributed by atoms with Crippen LogP contribution in [-0.2, 0) is 16.0 Å². The van der Waals surface area contributed by atoms with Gasteiger partial charge in [-0.25, -0.2) is 4.39 Å². The lowest BCUT2D eigenvalue weighted by molar-refractivity contribution is -0.154. The first-order valence-electron chi connectivity index (χ1n) is 7.61. The summed E-state index contributed by atoms with van der Waals surface area (Å²) < 4.78 is 19.7. The van der Waals surface area contributed by atoms with Gasteiger partial charge in [-0.15, -0.1) is 0 Å². The fraction of sp³-hybridized carbons (Fsp3) is 0.333. The molecule has 0 amide bonds. The molecule has 2 heterocycles. The molecule has 1 saturated heterocycles. The van der Waals surface area contributed by atoms with Crippen molar-refractivity contribution in [3.05, 3.63) is 54.1 Å². The quantitative estimate of drug-likeness (QED) is 0.940. The zero-order chi connectivity index (χ0) is 16.3. The van der Waals surface area contributed by atoms with Crippen LogP contribution in [0.5, 0.6) is 0 Å². The summed E-state index contributed by atoms with van der Waals surface area (Å²) in [6, 6.07) is 8.59. The van der Waals surface area contributed by atoms with Gasteiger partial charge < -0.3 is 9.84 Å². The van der Waals surface area contributed by atoms with Crippen molar-refractivity contribution in [3.63, 3.8) is 0 Å². The minimum absolute atomic E-state index is 0.185. The summed E-state index contributed by atoms with van der Waals surface area (Å²) in [5.41, 5.74) is 1.06. The van der Waals surface area contributed by atoms with E-state index in [0.717, 1.165) is 11.1 Å². The Morgan fingerprint density at radius 2 is 2.04 bits per heavy atom. The number of aromatic nitrogens is 1. The average molecular weight is 315 g/mol. The number of aliphatic carboxylic acids is 1. The molecule has 0 bridgehead atoms. The van der Waals surface area contributed by atoms with Crippen molar-refractivity contribution in [2.45, 2.75) is 19.3 Å². The molecule has 0 radical (unpaired) electrons. The van der Waals surface area contributed by atoms with Crippen LogP contribution in [0, 0.1) is 11.2 Å². The predicted octanol–water partition coefficient (Wildman–Crippen LogP) is 3.31. The van der Waals surface area contributed by atoms with E-state index in [-0.39, 0.29) is 12.2 Å². The maximum absolute atomic E-state index is 14.5. The number of ether oxygens (including phenoxy) is 1. The van der Waals surface area contributed by atoms with Gasteiger partial charge in [0.15, 0.2) is 0 Å². The number of rotatable bonds is 4. The van der Waals surface area contributed by atoms with E-state index in [1.54, 1.807) is 24.5 Å². The van der Waals surface area contributed by atoms with Gasteiger partial charge in [-0.1, -0.05) is 18.2 Å². The monoisotopic (exact) mass is 315 g/mol. The summed E-state index contributed by atoms with van der Waals surface area (Å²) in [6.07, 6.45) is 4.34. The van der Waals surface area contributed by atoms with Gasteiger partial charge in [0.05, 0.1) is 5.41 Å². The molecule has 0 spiro atoms. The molecule has 0 saturated carbocycles. The lowest BCUT2D eigenvalue weighted by atomic mass is 9.75. The summed E-state index contributed by atoms with van der Waals surface area (Å²) in [5.74, 6) is -1.25. The number of halogens is 1. The van der Waals surface area contributed by atoms with Gasteiger partial charge in [0.2, 0.25) is 0 Å². The molecule has 1 aliphatic rings. The van der Waals surface area contributed by atoms with Crippen LogP contribution in [0.15, 0.2) is 42.7 Å². The Labute approximate surface area is 133 Å². The van der Waals surface area contributed by atoms with E-state index in [9.17, 15) is 14.3 Å². The topological polar surface area (TPSA) is 59.4 Å². The second-order valence-corrected chi connectivity index (χ2v) is 5.92. The van der Waals surface area contributed by atoms with E-state index < -0.39 is 11.4 Å². The van der Waals surface area contributed by atoms with Crippen molar-refractivity contribution in [3.8, 4) is 11.1 Å². The summed E-state index contributed by atoms with van der Waals surface area (Å²) >= 11 is 0. The predicted molar refractivity (Wildman–Crippen MR) is 83.5 cm³/mol. The maximum Gasteiger partial charge on any atom is 0.310 e. The normalized spacial score (nSPS) is 16.9. The third-order valence-corrected chi connectivity index (χ3v) is 4.48. The number of carboxylic acid groups (broad SMARTS) is 1. The van der Waals surface area contributed by atoms with Crippen molar-refractivity contribution < 1.29 is 19.0 Å².